The molecule has 0 bridgehead atoms. The highest BCUT2D eigenvalue weighted by Gasteiger charge is 2.58. The Bertz CT molecular complexity index is 549. The first kappa shape index (κ1) is 13.6. The fourth-order valence-corrected chi connectivity index (χ4v) is 3.46. The minimum atomic E-state index is -0.168. The van der Waals surface area contributed by atoms with Crippen molar-refractivity contribution in [3.05, 3.63) is 17.0 Å². The van der Waals surface area contributed by atoms with E-state index in [1.165, 1.54) is 0 Å². The number of hydrogen-bond donors (Lipinski definition) is 2. The number of hydrogen-bond acceptors (Lipinski definition) is 3. The number of aromatic nitrogens is 2. The highest BCUT2D eigenvalue weighted by Crippen LogP contribution is 2.51. The molecule has 1 saturated carbocycles. The van der Waals surface area contributed by atoms with E-state index in [2.05, 4.69) is 36.3 Å². The van der Waals surface area contributed by atoms with Crippen LogP contribution in [0.25, 0.3) is 0 Å². The molecule has 1 heterocycles. The standard InChI is InChI=1S/C15H23N3O2/c1-14(2)11(8-15(14,3)20-4)16-13(19)12-9-6-5-7-10(9)17-18-12/h11H,5-8H2,1-4H3,(H,16,19)(H,17,18)/t11-,15+/m1/s1. The number of ether oxygens (including phenoxy) is 1. The zero-order chi connectivity index (χ0) is 14.5. The Kier molecular flexibility index (Phi) is 2.94. The predicted octanol–water partition coefficient (Wildman–Crippen LogP) is 1.83. The molecule has 0 aromatic carbocycles. The summed E-state index contributed by atoms with van der Waals surface area (Å²) in [4.78, 5) is 12.4. The van der Waals surface area contributed by atoms with Crippen LogP contribution in [-0.2, 0) is 17.6 Å². The monoisotopic (exact) mass is 277 g/mol. The topological polar surface area (TPSA) is 67.0 Å². The number of H-pyrrole nitrogens is 1. The molecule has 0 unspecified atom stereocenters. The van der Waals surface area contributed by atoms with Gasteiger partial charge in [0.2, 0.25) is 0 Å². The lowest BCUT2D eigenvalue weighted by Gasteiger charge is -2.59. The summed E-state index contributed by atoms with van der Waals surface area (Å²) in [5.74, 6) is -0.0550. The molecule has 1 aromatic rings. The second kappa shape index (κ2) is 4.32. The smallest absolute Gasteiger partial charge is 0.272 e. The largest absolute Gasteiger partial charge is 0.378 e. The van der Waals surface area contributed by atoms with Crippen LogP contribution in [0.5, 0.6) is 0 Å². The Labute approximate surface area is 119 Å². The summed E-state index contributed by atoms with van der Waals surface area (Å²) in [6.07, 6.45) is 3.92. The predicted molar refractivity (Wildman–Crippen MR) is 75.7 cm³/mol. The van der Waals surface area contributed by atoms with Gasteiger partial charge in [0.25, 0.3) is 5.91 Å². The normalized spacial score (nSPS) is 30.7. The third-order valence-electron chi connectivity index (χ3n) is 5.61. The van der Waals surface area contributed by atoms with E-state index in [4.69, 9.17) is 4.74 Å². The number of nitrogens with zero attached hydrogens (tertiary/aromatic N) is 1. The van der Waals surface area contributed by atoms with Crippen molar-refractivity contribution in [2.45, 2.75) is 58.1 Å². The van der Waals surface area contributed by atoms with E-state index in [9.17, 15) is 4.79 Å². The van der Waals surface area contributed by atoms with Crippen molar-refractivity contribution in [2.24, 2.45) is 5.41 Å². The fourth-order valence-electron chi connectivity index (χ4n) is 3.46. The number of carbonyl (C=O) groups excluding carboxylic acids is 1. The lowest BCUT2D eigenvalue weighted by atomic mass is 9.56. The molecule has 3 rings (SSSR count). The number of aryl methyl sites for hydroxylation is 1. The molecule has 1 aromatic heterocycles. The van der Waals surface area contributed by atoms with Crippen molar-refractivity contribution >= 4 is 5.91 Å². The van der Waals surface area contributed by atoms with Crippen LogP contribution in [0, 0.1) is 5.41 Å². The van der Waals surface area contributed by atoms with E-state index in [-0.39, 0.29) is 23.0 Å². The number of fused-ring (bicyclic) bond motifs is 1. The van der Waals surface area contributed by atoms with Crippen LogP contribution in [0.4, 0.5) is 0 Å². The van der Waals surface area contributed by atoms with E-state index in [0.29, 0.717) is 5.69 Å². The molecule has 2 aliphatic carbocycles. The minimum absolute atomic E-state index is 0.0550. The number of carbonyl (C=O) groups is 1. The van der Waals surface area contributed by atoms with Crippen LogP contribution < -0.4 is 5.32 Å². The van der Waals surface area contributed by atoms with Crippen molar-refractivity contribution in [3.63, 3.8) is 0 Å². The molecule has 0 radical (unpaired) electrons. The molecule has 0 saturated heterocycles. The van der Waals surface area contributed by atoms with Gasteiger partial charge in [-0.2, -0.15) is 5.10 Å². The second-order valence-electron chi connectivity index (χ2n) is 6.77. The van der Waals surface area contributed by atoms with Crippen LogP contribution in [0.2, 0.25) is 0 Å². The Hall–Kier alpha value is -1.36. The van der Waals surface area contributed by atoms with Gasteiger partial charge in [-0.15, -0.1) is 0 Å². The zero-order valence-corrected chi connectivity index (χ0v) is 12.7. The highest BCUT2D eigenvalue weighted by atomic mass is 16.5. The molecule has 5 nitrogen and oxygen atoms in total. The number of nitrogens with one attached hydrogen (secondary N) is 2. The van der Waals surface area contributed by atoms with Crippen molar-refractivity contribution in [1.29, 1.82) is 0 Å². The number of aromatic amines is 1. The van der Waals surface area contributed by atoms with Crippen LogP contribution in [0.15, 0.2) is 0 Å². The third-order valence-corrected chi connectivity index (χ3v) is 5.61. The minimum Gasteiger partial charge on any atom is -0.378 e. The summed E-state index contributed by atoms with van der Waals surface area (Å²) in [6.45, 7) is 6.38. The van der Waals surface area contributed by atoms with Crippen molar-refractivity contribution in [2.75, 3.05) is 7.11 Å². The molecule has 110 valence electrons. The summed E-state index contributed by atoms with van der Waals surface area (Å²) in [7, 11) is 1.74. The van der Waals surface area contributed by atoms with Gasteiger partial charge in [-0.3, -0.25) is 9.89 Å². The first-order chi connectivity index (χ1) is 9.39. The summed E-state index contributed by atoms with van der Waals surface area (Å²) < 4.78 is 5.59. The first-order valence-electron chi connectivity index (χ1n) is 7.31. The average molecular weight is 277 g/mol. The maximum absolute atomic E-state index is 12.4. The SMILES string of the molecule is CO[C@@]1(C)C[C@@H](NC(=O)c2n[nH]c3c2CCC3)C1(C)C. The maximum atomic E-state index is 12.4. The fraction of sp³-hybridized carbons (Fsp3) is 0.733. The Morgan fingerprint density at radius 1 is 1.40 bits per heavy atom. The van der Waals surface area contributed by atoms with Gasteiger partial charge in [0, 0.05) is 29.8 Å². The Balaban J connectivity index is 1.72. The van der Waals surface area contributed by atoms with Gasteiger partial charge in [0.1, 0.15) is 0 Å². The molecule has 1 fully saturated rings. The highest BCUT2D eigenvalue weighted by molar-refractivity contribution is 5.94. The second-order valence-corrected chi connectivity index (χ2v) is 6.77. The van der Waals surface area contributed by atoms with Crippen LogP contribution >= 0.6 is 0 Å². The molecule has 5 heteroatoms. The zero-order valence-electron chi connectivity index (χ0n) is 12.7. The van der Waals surface area contributed by atoms with Gasteiger partial charge in [-0.05, 0) is 32.6 Å². The molecule has 1 amide bonds. The number of amides is 1. The van der Waals surface area contributed by atoms with Gasteiger partial charge >= 0.3 is 0 Å². The number of rotatable bonds is 3. The van der Waals surface area contributed by atoms with Crippen LogP contribution in [-0.4, -0.2) is 34.9 Å². The van der Waals surface area contributed by atoms with Crippen LogP contribution in [0.1, 0.15) is 55.4 Å². The quantitative estimate of drug-likeness (QED) is 0.885. The van der Waals surface area contributed by atoms with E-state index >= 15 is 0 Å². The van der Waals surface area contributed by atoms with Gasteiger partial charge in [0.15, 0.2) is 5.69 Å². The van der Waals surface area contributed by atoms with E-state index < -0.39 is 0 Å². The van der Waals surface area contributed by atoms with Gasteiger partial charge in [-0.1, -0.05) is 13.8 Å². The molecule has 2 N–H and O–H groups in total. The molecule has 2 atom stereocenters. The van der Waals surface area contributed by atoms with Gasteiger partial charge in [-0.25, -0.2) is 0 Å². The van der Waals surface area contributed by atoms with Gasteiger partial charge < -0.3 is 10.1 Å². The lowest BCUT2D eigenvalue weighted by Crippen LogP contribution is -2.68. The molecule has 0 spiro atoms. The van der Waals surface area contributed by atoms with E-state index in [1.807, 2.05) is 0 Å². The van der Waals surface area contributed by atoms with E-state index in [1.54, 1.807) is 7.11 Å². The average Bonchev–Trinajstić information content (AvgIpc) is 2.99. The maximum Gasteiger partial charge on any atom is 0.272 e. The van der Waals surface area contributed by atoms with Gasteiger partial charge in [0.05, 0.1) is 5.60 Å². The third kappa shape index (κ3) is 1.72. The van der Waals surface area contributed by atoms with Crippen molar-refractivity contribution < 1.29 is 9.53 Å². The summed E-state index contributed by atoms with van der Waals surface area (Å²) >= 11 is 0. The van der Waals surface area contributed by atoms with E-state index in [0.717, 1.165) is 36.9 Å². The summed E-state index contributed by atoms with van der Waals surface area (Å²) in [5.41, 5.74) is 2.58. The molecule has 2 aliphatic rings. The van der Waals surface area contributed by atoms with Crippen LogP contribution in [0.3, 0.4) is 0 Å². The number of methoxy groups -OCH3 is 1. The van der Waals surface area contributed by atoms with Crippen molar-refractivity contribution in [1.82, 2.24) is 15.5 Å². The lowest BCUT2D eigenvalue weighted by molar-refractivity contribution is -0.177. The molecular weight excluding hydrogens is 254 g/mol. The Morgan fingerprint density at radius 2 is 2.15 bits per heavy atom. The first-order valence-corrected chi connectivity index (χ1v) is 7.31. The molecular formula is C15H23N3O2. The summed E-state index contributed by atoms with van der Waals surface area (Å²) in [5, 5.41) is 10.3. The van der Waals surface area contributed by atoms with Crippen molar-refractivity contribution in [3.8, 4) is 0 Å². The molecule has 0 aliphatic heterocycles. The molecule has 20 heavy (non-hydrogen) atoms. The summed E-state index contributed by atoms with van der Waals surface area (Å²) in [6, 6.07) is 0.133. The Morgan fingerprint density at radius 3 is 2.80 bits per heavy atom.